The molecule has 0 bridgehead atoms. The smallest absolute Gasteiger partial charge is 0.397 e. The van der Waals surface area contributed by atoms with Crippen LogP contribution < -0.4 is 10.0 Å². The average molecular weight is 891 g/mol. The van der Waals surface area contributed by atoms with E-state index in [1.54, 1.807) is 4.72 Å². The Hall–Kier alpha value is -2.41. The third-order valence-corrected chi connectivity index (χ3v) is 10.4. The van der Waals surface area contributed by atoms with Crippen LogP contribution in [0.1, 0.15) is 20.3 Å². The molecule has 4 saturated heterocycles. The van der Waals surface area contributed by atoms with E-state index in [4.69, 9.17) is 42.6 Å². The van der Waals surface area contributed by atoms with E-state index in [1.807, 2.05) is 0 Å². The minimum Gasteiger partial charge on any atom is -0.479 e. The highest BCUT2D eigenvalue weighted by molar-refractivity contribution is 7.83. The molecule has 11 N–H and O–H groups in total. The number of aliphatic hydroxyl groups is 5. The van der Waals surface area contributed by atoms with E-state index in [1.165, 1.54) is 6.92 Å². The Morgan fingerprint density at radius 2 is 1.31 bits per heavy atom. The summed E-state index contributed by atoms with van der Waals surface area (Å²) in [4.78, 5) is 36.5. The zero-order valence-corrected chi connectivity index (χ0v) is 32.3. The fourth-order valence-corrected chi connectivity index (χ4v) is 7.95. The third kappa shape index (κ3) is 11.5. The van der Waals surface area contributed by atoms with E-state index < -0.39 is 168 Å². The molecule has 4 heterocycles. The van der Waals surface area contributed by atoms with Gasteiger partial charge in [0.05, 0.1) is 18.8 Å². The Kier molecular flexibility index (Phi) is 16.3. The van der Waals surface area contributed by atoms with Gasteiger partial charge in [0, 0.05) is 27.6 Å². The molecule has 4 aliphatic rings. The number of ether oxygens (including phenoxy) is 9. The number of aliphatic hydroxyl groups excluding tert-OH is 5. The molecule has 58 heavy (non-hydrogen) atoms. The molecule has 19 atom stereocenters. The van der Waals surface area contributed by atoms with Crippen LogP contribution in [0.2, 0.25) is 0 Å². The van der Waals surface area contributed by atoms with Crippen molar-refractivity contribution in [3.8, 4) is 0 Å². The summed E-state index contributed by atoms with van der Waals surface area (Å²) in [5.41, 5.74) is 0. The summed E-state index contributed by atoms with van der Waals surface area (Å²) in [5, 5.41) is 75.8. The maximum absolute atomic E-state index is 12.5. The molecule has 0 aliphatic carbocycles. The molecule has 30 heteroatoms. The second-order valence-corrected chi connectivity index (χ2v) is 15.6. The quantitative estimate of drug-likeness (QED) is 0.0642. The van der Waals surface area contributed by atoms with Gasteiger partial charge in [0.25, 0.3) is 0 Å². The Morgan fingerprint density at radius 1 is 0.707 bits per heavy atom. The highest BCUT2D eigenvalue weighted by atomic mass is 32.3. The van der Waals surface area contributed by atoms with Crippen LogP contribution in [0, 0.1) is 0 Å². The van der Waals surface area contributed by atoms with Crippen molar-refractivity contribution in [2.45, 2.75) is 137 Å². The molecule has 0 aromatic rings. The monoisotopic (exact) mass is 890 g/mol. The number of hydrogen-bond donors (Lipinski definition) is 11. The largest absolute Gasteiger partial charge is 0.479 e. The second kappa shape index (κ2) is 19.5. The molecular formula is C28H46N2O26S2. The number of rotatable bonds is 16. The van der Waals surface area contributed by atoms with Crippen LogP contribution in [0.25, 0.3) is 0 Å². The number of carbonyl (C=O) groups is 3. The van der Waals surface area contributed by atoms with Gasteiger partial charge >= 0.3 is 32.6 Å². The predicted molar refractivity (Wildman–Crippen MR) is 176 cm³/mol. The zero-order chi connectivity index (χ0) is 43.6. The molecule has 0 spiro atoms. The standard InChI is InChI=1S/C28H46N2O26S2/c1-7-17(53-28-16(36)15(35)21(47-3)23(55-28)25(39)40)14(34)12(29-8(2)32)27(49-7)54-18-9(33)5-11(52-22(18)24(37)38)51-19-10(6-31)50-26(48-4)13(30-57(41,42)43)20(19)56-58(44,45)46/h7,9-23,26-28,30-31,33-36H,5-6H2,1-4H3,(H,29,32)(H,37,38)(H,39,40)(H,41,42,43)(H,44,45,46). The van der Waals surface area contributed by atoms with Crippen LogP contribution in [-0.4, -0.2) is 217 Å². The summed E-state index contributed by atoms with van der Waals surface area (Å²) in [7, 11) is -8.67. The van der Waals surface area contributed by atoms with Crippen LogP contribution in [0.4, 0.5) is 0 Å². The minimum absolute atomic E-state index is 0.750. The summed E-state index contributed by atoms with van der Waals surface area (Å²) in [6.07, 6.45) is -32.1. The number of carbonyl (C=O) groups excluding carboxylic acids is 1. The lowest BCUT2D eigenvalue weighted by Gasteiger charge is -2.48. The molecule has 28 nitrogen and oxygen atoms in total. The van der Waals surface area contributed by atoms with Gasteiger partial charge in [-0.15, -0.1) is 0 Å². The number of carboxylic acids is 2. The Bertz CT molecular complexity index is 1660. The first-order chi connectivity index (χ1) is 26.9. The van der Waals surface area contributed by atoms with Gasteiger partial charge in [-0.3, -0.25) is 13.9 Å². The predicted octanol–water partition coefficient (Wildman–Crippen LogP) is -6.83. The Labute approximate surface area is 328 Å². The topological polar surface area (TPSA) is 418 Å². The maximum atomic E-state index is 12.5. The summed E-state index contributed by atoms with van der Waals surface area (Å²) in [6, 6.07) is -3.70. The number of methoxy groups -OCH3 is 2. The summed E-state index contributed by atoms with van der Waals surface area (Å²) in [6.45, 7) is 1.27. The van der Waals surface area contributed by atoms with Crippen LogP contribution in [-0.2, 0) is 81.9 Å². The van der Waals surface area contributed by atoms with Crippen molar-refractivity contribution in [3.63, 3.8) is 0 Å². The lowest BCUT2D eigenvalue weighted by Crippen LogP contribution is -2.68. The Morgan fingerprint density at radius 3 is 1.83 bits per heavy atom. The van der Waals surface area contributed by atoms with Crippen LogP contribution in [0.15, 0.2) is 0 Å². The molecule has 0 aromatic heterocycles. The van der Waals surface area contributed by atoms with Gasteiger partial charge in [0.15, 0.2) is 37.4 Å². The van der Waals surface area contributed by atoms with Gasteiger partial charge in [-0.05, 0) is 6.92 Å². The van der Waals surface area contributed by atoms with Crippen LogP contribution in [0.3, 0.4) is 0 Å². The molecule has 0 saturated carbocycles. The van der Waals surface area contributed by atoms with Gasteiger partial charge in [0.1, 0.15) is 67.0 Å². The molecule has 1 amide bonds. The molecule has 0 aromatic carbocycles. The number of hydrogen-bond acceptors (Lipinski definition) is 22. The fraction of sp³-hybridized carbons (Fsp3) is 0.893. The fourth-order valence-electron chi connectivity index (χ4n) is 6.86. The van der Waals surface area contributed by atoms with Gasteiger partial charge in [-0.2, -0.15) is 21.6 Å². The summed E-state index contributed by atoms with van der Waals surface area (Å²) >= 11 is 0. The van der Waals surface area contributed by atoms with E-state index in [-0.39, 0.29) is 0 Å². The molecule has 19 unspecified atom stereocenters. The van der Waals surface area contributed by atoms with E-state index in [9.17, 15) is 76.1 Å². The van der Waals surface area contributed by atoms with Crippen molar-refractivity contribution < 1.29 is 123 Å². The first kappa shape index (κ1) is 48.3. The highest BCUT2D eigenvalue weighted by Crippen LogP contribution is 2.35. The van der Waals surface area contributed by atoms with E-state index in [0.717, 1.165) is 21.1 Å². The zero-order valence-electron chi connectivity index (χ0n) is 30.7. The van der Waals surface area contributed by atoms with Gasteiger partial charge < -0.3 is 83.7 Å². The third-order valence-electron chi connectivity index (χ3n) is 9.36. The maximum Gasteiger partial charge on any atom is 0.397 e. The number of carboxylic acid groups (broad SMARTS) is 2. The van der Waals surface area contributed by atoms with Crippen LogP contribution in [0.5, 0.6) is 0 Å². The molecule has 0 radical (unpaired) electrons. The van der Waals surface area contributed by atoms with Gasteiger partial charge in [-0.25, -0.2) is 13.8 Å². The first-order valence-corrected chi connectivity index (χ1v) is 19.8. The van der Waals surface area contributed by atoms with Crippen molar-refractivity contribution in [2.75, 3.05) is 20.8 Å². The van der Waals surface area contributed by atoms with E-state index in [2.05, 4.69) is 9.50 Å². The second-order valence-electron chi connectivity index (χ2n) is 13.4. The Balaban J connectivity index is 1.56. The molecule has 336 valence electrons. The highest BCUT2D eigenvalue weighted by Gasteiger charge is 2.56. The van der Waals surface area contributed by atoms with E-state index >= 15 is 0 Å². The normalized spacial score (nSPS) is 42.7. The van der Waals surface area contributed by atoms with Crippen molar-refractivity contribution in [1.82, 2.24) is 10.0 Å². The number of aliphatic carboxylic acids is 2. The van der Waals surface area contributed by atoms with Gasteiger partial charge in [-0.1, -0.05) is 0 Å². The van der Waals surface area contributed by atoms with Crippen LogP contribution >= 0.6 is 0 Å². The minimum atomic E-state index is -5.49. The summed E-state index contributed by atoms with van der Waals surface area (Å²) in [5.74, 6) is -4.22. The first-order valence-electron chi connectivity index (χ1n) is 17.0. The molecule has 4 fully saturated rings. The molecular weight excluding hydrogens is 844 g/mol. The average Bonchev–Trinajstić information content (AvgIpc) is 3.10. The molecule has 4 rings (SSSR count). The SMILES string of the molecule is COC1OC(CO)C(OC2CC(O)C(OC3OC(C)C(OC4OC(C(=O)O)C(OC)C(O)C4O)C(O)C3NC(C)=O)C(C(=O)O)O2)C(OS(=O)(=O)O)C1NS(=O)(=O)O. The lowest BCUT2D eigenvalue weighted by molar-refractivity contribution is -0.357. The van der Waals surface area contributed by atoms with E-state index in [0.29, 0.717) is 0 Å². The van der Waals surface area contributed by atoms with Crippen molar-refractivity contribution >= 4 is 38.5 Å². The lowest BCUT2D eigenvalue weighted by atomic mass is 9.95. The number of nitrogens with one attached hydrogen (secondary N) is 2. The summed E-state index contributed by atoms with van der Waals surface area (Å²) < 4.78 is 121. The number of amides is 1. The van der Waals surface area contributed by atoms with Crippen molar-refractivity contribution in [1.29, 1.82) is 0 Å². The van der Waals surface area contributed by atoms with Crippen molar-refractivity contribution in [3.05, 3.63) is 0 Å². The molecule has 4 aliphatic heterocycles. The van der Waals surface area contributed by atoms with Crippen molar-refractivity contribution in [2.24, 2.45) is 0 Å². The van der Waals surface area contributed by atoms with Gasteiger partial charge in [0.2, 0.25) is 5.91 Å².